The van der Waals surface area contributed by atoms with Crippen LogP contribution in [0.1, 0.15) is 89.9 Å². The van der Waals surface area contributed by atoms with E-state index in [1.165, 1.54) is 21.6 Å². The molecule has 4 N–H and O–H groups in total. The van der Waals surface area contributed by atoms with Gasteiger partial charge in [-0.1, -0.05) is 63.1 Å². The zero-order chi connectivity index (χ0) is 23.0. The lowest BCUT2D eigenvalue weighted by atomic mass is 9.84. The van der Waals surface area contributed by atoms with Gasteiger partial charge in [-0.2, -0.15) is 0 Å². The van der Waals surface area contributed by atoms with Crippen LogP contribution in [0.4, 0.5) is 0 Å². The second-order valence-electron chi connectivity index (χ2n) is 9.84. The maximum Gasteiger partial charge on any atom is 0.125 e. The van der Waals surface area contributed by atoms with Crippen LogP contribution in [0.2, 0.25) is 0 Å². The number of hydrogen-bond donors (Lipinski definition) is 4. The molecule has 166 valence electrons. The topological polar surface area (TPSA) is 80.9 Å². The number of aromatic hydroxyl groups is 2. The molecule has 0 aliphatic rings. The van der Waals surface area contributed by atoms with Crippen LogP contribution < -0.4 is 0 Å². The summed E-state index contributed by atoms with van der Waals surface area (Å²) in [6, 6.07) is 7.54. The first-order chi connectivity index (χ1) is 13.6. The van der Waals surface area contributed by atoms with Gasteiger partial charge in [-0.05, 0) is 48.9 Å². The molecule has 6 heteroatoms. The Balaban J connectivity index is 2.46. The molecule has 2 aromatic rings. The Bertz CT molecular complexity index is 831. The summed E-state index contributed by atoms with van der Waals surface area (Å²) in [5.74, 6) is 0.283. The first-order valence-corrected chi connectivity index (χ1v) is 12.2. The molecule has 0 aliphatic carbocycles. The van der Waals surface area contributed by atoms with Gasteiger partial charge in [-0.15, -0.1) is 0 Å². The highest BCUT2D eigenvalue weighted by Crippen LogP contribution is 2.46. The number of rotatable bonds is 5. The average Bonchev–Trinajstić information content (AvgIpc) is 2.59. The second-order valence-corrected chi connectivity index (χ2v) is 12.1. The van der Waals surface area contributed by atoms with E-state index in [1.54, 1.807) is 13.8 Å². The van der Waals surface area contributed by atoms with E-state index in [0.29, 0.717) is 11.1 Å². The van der Waals surface area contributed by atoms with Crippen molar-refractivity contribution in [2.75, 3.05) is 0 Å². The predicted molar refractivity (Wildman–Crippen MR) is 127 cm³/mol. The highest BCUT2D eigenvalue weighted by molar-refractivity contribution is 8.76. The standard InChI is InChI=1S/C24H34O4S2/c1-13(25)17-9-15(11-19(21(17)27)23(3,4)5)29-30-16-10-18(14(2)26)22(28)20(12-16)24(6,7)8/h9-14,25-28H,1-8H3. The molecule has 0 heterocycles. The second kappa shape index (κ2) is 9.03. The van der Waals surface area contributed by atoms with Crippen molar-refractivity contribution in [2.24, 2.45) is 0 Å². The molecule has 0 spiro atoms. The van der Waals surface area contributed by atoms with Crippen LogP contribution in [0.25, 0.3) is 0 Å². The van der Waals surface area contributed by atoms with Crippen molar-refractivity contribution in [1.29, 1.82) is 0 Å². The Morgan fingerprint density at radius 2 is 0.933 bits per heavy atom. The van der Waals surface area contributed by atoms with Crippen LogP contribution in [0.15, 0.2) is 34.1 Å². The normalized spacial score (nSPS) is 14.6. The Hall–Kier alpha value is -1.34. The van der Waals surface area contributed by atoms with Crippen LogP contribution in [0, 0.1) is 0 Å². The van der Waals surface area contributed by atoms with E-state index in [1.807, 2.05) is 65.8 Å². The molecule has 0 bridgehead atoms. The molecular weight excluding hydrogens is 416 g/mol. The van der Waals surface area contributed by atoms with Crippen molar-refractivity contribution >= 4 is 21.6 Å². The molecule has 4 nitrogen and oxygen atoms in total. The van der Waals surface area contributed by atoms with E-state index in [0.717, 1.165) is 20.9 Å². The lowest BCUT2D eigenvalue weighted by Gasteiger charge is -2.25. The summed E-state index contributed by atoms with van der Waals surface area (Å²) in [7, 11) is 3.04. The molecule has 30 heavy (non-hydrogen) atoms. The fourth-order valence-electron chi connectivity index (χ4n) is 3.23. The predicted octanol–water partition coefficient (Wildman–Crippen LogP) is 6.60. The maximum absolute atomic E-state index is 10.6. The Kier molecular flexibility index (Phi) is 7.50. The Labute approximate surface area is 188 Å². The summed E-state index contributed by atoms with van der Waals surface area (Å²) in [5.41, 5.74) is 2.05. The quantitative estimate of drug-likeness (QED) is 0.384. The molecule has 2 aromatic carbocycles. The van der Waals surface area contributed by atoms with E-state index in [4.69, 9.17) is 0 Å². The van der Waals surface area contributed by atoms with Gasteiger partial charge in [-0.3, -0.25) is 0 Å². The van der Waals surface area contributed by atoms with Crippen molar-refractivity contribution in [3.63, 3.8) is 0 Å². The van der Waals surface area contributed by atoms with Gasteiger partial charge in [-0.25, -0.2) is 0 Å². The van der Waals surface area contributed by atoms with Gasteiger partial charge in [0.05, 0.1) is 12.2 Å². The Morgan fingerprint density at radius 3 is 1.17 bits per heavy atom. The number of hydrogen-bond acceptors (Lipinski definition) is 6. The molecule has 0 amide bonds. The van der Waals surface area contributed by atoms with Gasteiger partial charge in [0.1, 0.15) is 11.5 Å². The minimum absolute atomic E-state index is 0.142. The maximum atomic E-state index is 10.6. The van der Waals surface area contributed by atoms with Crippen LogP contribution in [-0.2, 0) is 10.8 Å². The van der Waals surface area contributed by atoms with Crippen LogP contribution in [0.5, 0.6) is 11.5 Å². The largest absolute Gasteiger partial charge is 0.507 e. The van der Waals surface area contributed by atoms with Crippen molar-refractivity contribution in [3.05, 3.63) is 46.5 Å². The van der Waals surface area contributed by atoms with E-state index in [2.05, 4.69) is 0 Å². The number of aliphatic hydroxyl groups excluding tert-OH is 2. The highest BCUT2D eigenvalue weighted by atomic mass is 33.1. The van der Waals surface area contributed by atoms with Gasteiger partial charge >= 0.3 is 0 Å². The third kappa shape index (κ3) is 5.67. The molecule has 0 aliphatic heterocycles. The third-order valence-corrected chi connectivity index (χ3v) is 7.32. The van der Waals surface area contributed by atoms with Gasteiger partial charge in [0.2, 0.25) is 0 Å². The number of aliphatic hydroxyl groups is 2. The lowest BCUT2D eigenvalue weighted by molar-refractivity contribution is 0.193. The minimum atomic E-state index is -0.778. The SMILES string of the molecule is CC(O)c1cc(SSc2cc(C(C)O)c(O)c(C(C)(C)C)c2)cc(C(C)(C)C)c1O. The van der Waals surface area contributed by atoms with E-state index < -0.39 is 12.2 Å². The number of phenolic OH excluding ortho intramolecular Hbond substituents is 2. The average molecular weight is 451 g/mol. The molecular formula is C24H34O4S2. The van der Waals surface area contributed by atoms with E-state index >= 15 is 0 Å². The van der Waals surface area contributed by atoms with Crippen molar-refractivity contribution in [2.45, 2.75) is 88.2 Å². The van der Waals surface area contributed by atoms with Crippen molar-refractivity contribution in [3.8, 4) is 11.5 Å². The monoisotopic (exact) mass is 450 g/mol. The van der Waals surface area contributed by atoms with E-state index in [-0.39, 0.29) is 22.3 Å². The summed E-state index contributed by atoms with van der Waals surface area (Å²) < 4.78 is 0. The fraction of sp³-hybridized carbons (Fsp3) is 0.500. The molecule has 0 radical (unpaired) electrons. The fourth-order valence-corrected chi connectivity index (χ4v) is 5.26. The smallest absolute Gasteiger partial charge is 0.125 e. The van der Waals surface area contributed by atoms with Crippen LogP contribution >= 0.6 is 21.6 Å². The number of phenols is 2. The lowest BCUT2D eigenvalue weighted by Crippen LogP contribution is -2.13. The van der Waals surface area contributed by atoms with Crippen LogP contribution in [-0.4, -0.2) is 20.4 Å². The molecule has 0 saturated carbocycles. The van der Waals surface area contributed by atoms with Gasteiger partial charge < -0.3 is 20.4 Å². The van der Waals surface area contributed by atoms with Crippen molar-refractivity contribution in [1.82, 2.24) is 0 Å². The van der Waals surface area contributed by atoms with Gasteiger partial charge in [0.15, 0.2) is 0 Å². The Morgan fingerprint density at radius 1 is 0.633 bits per heavy atom. The molecule has 0 saturated heterocycles. The van der Waals surface area contributed by atoms with E-state index in [9.17, 15) is 20.4 Å². The summed E-state index contributed by atoms with van der Waals surface area (Å²) in [6.07, 6.45) is -1.56. The number of benzene rings is 2. The van der Waals surface area contributed by atoms with Crippen LogP contribution in [0.3, 0.4) is 0 Å². The first-order valence-electron chi connectivity index (χ1n) is 10.1. The first kappa shape index (κ1) is 24.9. The summed E-state index contributed by atoms with van der Waals surface area (Å²) in [5, 5.41) is 41.5. The molecule has 0 fully saturated rings. The molecule has 2 rings (SSSR count). The van der Waals surface area contributed by atoms with Gasteiger partial charge in [0.25, 0.3) is 0 Å². The molecule has 2 unspecified atom stereocenters. The minimum Gasteiger partial charge on any atom is -0.507 e. The highest BCUT2D eigenvalue weighted by Gasteiger charge is 2.25. The zero-order valence-corrected chi connectivity index (χ0v) is 20.7. The summed E-state index contributed by atoms with van der Waals surface area (Å²) in [6.45, 7) is 15.5. The summed E-state index contributed by atoms with van der Waals surface area (Å²) >= 11 is 0. The summed E-state index contributed by atoms with van der Waals surface area (Å²) in [4.78, 5) is 1.84. The zero-order valence-electron chi connectivity index (χ0n) is 19.1. The third-order valence-electron chi connectivity index (χ3n) is 4.98. The molecule has 0 aromatic heterocycles. The molecule has 2 atom stereocenters. The van der Waals surface area contributed by atoms with Gasteiger partial charge in [0, 0.05) is 32.0 Å². The van der Waals surface area contributed by atoms with Crippen molar-refractivity contribution < 1.29 is 20.4 Å².